The van der Waals surface area contributed by atoms with Gasteiger partial charge in [-0.2, -0.15) is 0 Å². The number of halogens is 3. The Morgan fingerprint density at radius 2 is 2.24 bits per heavy atom. The molecule has 5 heteroatoms. The molecule has 0 aliphatic rings. The van der Waals surface area contributed by atoms with E-state index in [-0.39, 0.29) is 11.3 Å². The van der Waals surface area contributed by atoms with Crippen LogP contribution in [0.4, 0.5) is 0 Å². The molecule has 0 spiro atoms. The minimum atomic E-state index is -0.154. The van der Waals surface area contributed by atoms with Crippen LogP contribution in [0.2, 0.25) is 5.02 Å². The molecular weight excluding hydrogens is 325 g/mol. The SMILES string of the molecule is CC(Cl)CCCNC(=O)c1cc(Br)ccc1Cl. The molecule has 0 aliphatic carbocycles. The van der Waals surface area contributed by atoms with Crippen LogP contribution < -0.4 is 5.32 Å². The van der Waals surface area contributed by atoms with Gasteiger partial charge in [-0.3, -0.25) is 4.79 Å². The molecule has 2 nitrogen and oxygen atoms in total. The van der Waals surface area contributed by atoms with Crippen LogP contribution in [0, 0.1) is 0 Å². The number of carbonyl (C=O) groups is 1. The maximum Gasteiger partial charge on any atom is 0.252 e. The summed E-state index contributed by atoms with van der Waals surface area (Å²) in [5.41, 5.74) is 0.486. The van der Waals surface area contributed by atoms with Crippen LogP contribution in [0.25, 0.3) is 0 Å². The normalized spacial score (nSPS) is 12.2. The zero-order valence-electron chi connectivity index (χ0n) is 9.47. The molecular formula is C12H14BrCl2NO. The Morgan fingerprint density at radius 1 is 1.53 bits per heavy atom. The van der Waals surface area contributed by atoms with Crippen molar-refractivity contribution in [3.05, 3.63) is 33.3 Å². The molecule has 0 saturated carbocycles. The zero-order chi connectivity index (χ0) is 12.8. The first-order chi connectivity index (χ1) is 8.00. The predicted octanol–water partition coefficient (Wildman–Crippen LogP) is 4.24. The minimum absolute atomic E-state index is 0.140. The molecule has 0 bridgehead atoms. The average Bonchev–Trinajstić information content (AvgIpc) is 2.27. The first kappa shape index (κ1) is 14.8. The van der Waals surface area contributed by atoms with Crippen LogP contribution in [0.5, 0.6) is 0 Å². The number of rotatable bonds is 5. The van der Waals surface area contributed by atoms with Crippen molar-refractivity contribution in [3.8, 4) is 0 Å². The molecule has 0 saturated heterocycles. The highest BCUT2D eigenvalue weighted by atomic mass is 79.9. The van der Waals surface area contributed by atoms with Crippen molar-refractivity contribution in [1.82, 2.24) is 5.32 Å². The number of amides is 1. The van der Waals surface area contributed by atoms with Crippen LogP contribution in [0.1, 0.15) is 30.1 Å². The molecule has 17 heavy (non-hydrogen) atoms. The Hall–Kier alpha value is -0.250. The van der Waals surface area contributed by atoms with E-state index in [1.165, 1.54) is 0 Å². The molecule has 1 atom stereocenters. The summed E-state index contributed by atoms with van der Waals surface area (Å²) in [7, 11) is 0. The molecule has 0 heterocycles. The Bertz CT molecular complexity index is 396. The van der Waals surface area contributed by atoms with E-state index in [1.807, 2.05) is 6.92 Å². The van der Waals surface area contributed by atoms with Gasteiger partial charge in [0, 0.05) is 16.4 Å². The van der Waals surface area contributed by atoms with Gasteiger partial charge in [-0.1, -0.05) is 27.5 Å². The third-order valence-electron chi connectivity index (χ3n) is 2.24. The minimum Gasteiger partial charge on any atom is -0.352 e. The summed E-state index contributed by atoms with van der Waals surface area (Å²) in [6.45, 7) is 2.55. The lowest BCUT2D eigenvalue weighted by atomic mass is 10.2. The lowest BCUT2D eigenvalue weighted by Gasteiger charge is -2.07. The van der Waals surface area contributed by atoms with E-state index < -0.39 is 0 Å². The van der Waals surface area contributed by atoms with E-state index in [1.54, 1.807) is 18.2 Å². The van der Waals surface area contributed by atoms with E-state index in [0.29, 0.717) is 17.1 Å². The van der Waals surface area contributed by atoms with E-state index in [2.05, 4.69) is 21.2 Å². The Balaban J connectivity index is 2.49. The van der Waals surface area contributed by atoms with Crippen LogP contribution in [-0.4, -0.2) is 17.8 Å². The quantitative estimate of drug-likeness (QED) is 0.631. The Labute approximate surface area is 120 Å². The van der Waals surface area contributed by atoms with E-state index >= 15 is 0 Å². The second-order valence-electron chi connectivity index (χ2n) is 3.80. The largest absolute Gasteiger partial charge is 0.352 e. The Kier molecular flexibility index (Phi) is 6.31. The lowest BCUT2D eigenvalue weighted by Crippen LogP contribution is -2.25. The van der Waals surface area contributed by atoms with Gasteiger partial charge in [0.1, 0.15) is 0 Å². The fourth-order valence-electron chi connectivity index (χ4n) is 1.35. The van der Waals surface area contributed by atoms with Crippen LogP contribution in [0.3, 0.4) is 0 Å². The number of nitrogens with one attached hydrogen (secondary N) is 1. The third kappa shape index (κ3) is 5.28. The van der Waals surface area contributed by atoms with Crippen LogP contribution >= 0.6 is 39.1 Å². The van der Waals surface area contributed by atoms with Crippen molar-refractivity contribution in [2.75, 3.05) is 6.54 Å². The van der Waals surface area contributed by atoms with Gasteiger partial charge in [-0.25, -0.2) is 0 Å². The van der Waals surface area contributed by atoms with Crippen LogP contribution in [-0.2, 0) is 0 Å². The average molecular weight is 339 g/mol. The van der Waals surface area contributed by atoms with Crippen molar-refractivity contribution < 1.29 is 4.79 Å². The smallest absolute Gasteiger partial charge is 0.252 e. The fraction of sp³-hybridized carbons (Fsp3) is 0.417. The summed E-state index contributed by atoms with van der Waals surface area (Å²) in [4.78, 5) is 11.8. The Morgan fingerprint density at radius 3 is 2.88 bits per heavy atom. The molecule has 0 fully saturated rings. The van der Waals surface area contributed by atoms with Gasteiger partial charge in [0.05, 0.1) is 10.6 Å². The van der Waals surface area contributed by atoms with E-state index in [4.69, 9.17) is 23.2 Å². The maximum atomic E-state index is 11.8. The van der Waals surface area contributed by atoms with Crippen molar-refractivity contribution in [1.29, 1.82) is 0 Å². The first-order valence-electron chi connectivity index (χ1n) is 5.38. The third-order valence-corrected chi connectivity index (χ3v) is 3.28. The summed E-state index contributed by atoms with van der Waals surface area (Å²) in [5.74, 6) is -0.154. The van der Waals surface area contributed by atoms with Gasteiger partial charge in [-0.05, 0) is 38.0 Å². The van der Waals surface area contributed by atoms with Gasteiger partial charge in [0.2, 0.25) is 0 Å². The summed E-state index contributed by atoms with van der Waals surface area (Å²) < 4.78 is 0.835. The predicted molar refractivity (Wildman–Crippen MR) is 76.0 cm³/mol. The van der Waals surface area contributed by atoms with Gasteiger partial charge >= 0.3 is 0 Å². The summed E-state index contributed by atoms with van der Waals surface area (Å²) in [6.07, 6.45) is 1.75. The molecule has 1 amide bonds. The number of hydrogen-bond acceptors (Lipinski definition) is 1. The molecule has 1 unspecified atom stereocenters. The molecule has 0 aromatic heterocycles. The van der Waals surface area contributed by atoms with Crippen molar-refractivity contribution in [2.45, 2.75) is 25.1 Å². The van der Waals surface area contributed by atoms with Gasteiger partial charge < -0.3 is 5.32 Å². The van der Waals surface area contributed by atoms with Crippen LogP contribution in [0.15, 0.2) is 22.7 Å². The number of hydrogen-bond donors (Lipinski definition) is 1. The van der Waals surface area contributed by atoms with E-state index in [9.17, 15) is 4.79 Å². The highest BCUT2D eigenvalue weighted by molar-refractivity contribution is 9.10. The summed E-state index contributed by atoms with van der Waals surface area (Å²) >= 11 is 15.1. The van der Waals surface area contributed by atoms with E-state index in [0.717, 1.165) is 17.3 Å². The molecule has 1 N–H and O–H groups in total. The monoisotopic (exact) mass is 337 g/mol. The second kappa shape index (κ2) is 7.24. The fourth-order valence-corrected chi connectivity index (χ4v) is 2.07. The first-order valence-corrected chi connectivity index (χ1v) is 6.98. The summed E-state index contributed by atoms with van der Waals surface area (Å²) in [6, 6.07) is 5.21. The zero-order valence-corrected chi connectivity index (χ0v) is 12.6. The molecule has 1 aromatic rings. The van der Waals surface area contributed by atoms with Gasteiger partial charge in [0.25, 0.3) is 5.91 Å². The molecule has 0 aliphatic heterocycles. The van der Waals surface area contributed by atoms with Crippen molar-refractivity contribution in [3.63, 3.8) is 0 Å². The maximum absolute atomic E-state index is 11.8. The van der Waals surface area contributed by atoms with Crippen molar-refractivity contribution in [2.24, 2.45) is 0 Å². The summed E-state index contributed by atoms with van der Waals surface area (Å²) in [5, 5.41) is 3.41. The highest BCUT2D eigenvalue weighted by Crippen LogP contribution is 2.20. The van der Waals surface area contributed by atoms with Crippen molar-refractivity contribution >= 4 is 45.0 Å². The number of alkyl halides is 1. The lowest BCUT2D eigenvalue weighted by molar-refractivity contribution is 0.0953. The molecule has 0 radical (unpaired) electrons. The number of carbonyl (C=O) groups excluding carboxylic acids is 1. The number of benzene rings is 1. The molecule has 1 rings (SSSR count). The molecule has 94 valence electrons. The van der Waals surface area contributed by atoms with Gasteiger partial charge in [-0.15, -0.1) is 11.6 Å². The highest BCUT2D eigenvalue weighted by Gasteiger charge is 2.10. The second-order valence-corrected chi connectivity index (χ2v) is 5.87. The molecule has 1 aromatic carbocycles. The van der Waals surface area contributed by atoms with Gasteiger partial charge in [0.15, 0.2) is 0 Å². The standard InChI is InChI=1S/C12H14BrCl2NO/c1-8(14)3-2-6-16-12(17)10-7-9(13)4-5-11(10)15/h4-5,7-8H,2-3,6H2,1H3,(H,16,17). The topological polar surface area (TPSA) is 29.1 Å².